The summed E-state index contributed by atoms with van der Waals surface area (Å²) in [7, 11) is -3.68. The van der Waals surface area contributed by atoms with Crippen LogP contribution >= 0.6 is 0 Å². The van der Waals surface area contributed by atoms with Gasteiger partial charge in [0, 0.05) is 39.2 Å². The van der Waals surface area contributed by atoms with E-state index in [4.69, 9.17) is 18.9 Å². The van der Waals surface area contributed by atoms with Crippen LogP contribution in [0.2, 0.25) is 0 Å². The summed E-state index contributed by atoms with van der Waals surface area (Å²) in [5.41, 5.74) is 3.11. The van der Waals surface area contributed by atoms with E-state index in [1.807, 2.05) is 88.4 Å². The maximum absolute atomic E-state index is 13.2. The molecule has 0 bridgehead atoms. The third kappa shape index (κ3) is 9.81. The second-order valence-corrected chi connectivity index (χ2v) is 15.4. The van der Waals surface area contributed by atoms with Crippen LogP contribution in [0.3, 0.4) is 0 Å². The average molecular weight is 679 g/mol. The molecule has 0 aliphatic carbocycles. The molecule has 260 valence electrons. The number of carbonyl (C=O) groups is 1. The summed E-state index contributed by atoms with van der Waals surface area (Å²) >= 11 is 0. The SMILES string of the molecule is CC1(C)OCc2cc([C@@H]3CN(CCCCCCOCCCCc4cccc(S(=O)(=O)NC(C)(C)c5ccccc5)c4)C(=O)O3)ccc2O1. The van der Waals surface area contributed by atoms with Gasteiger partial charge in [-0.2, -0.15) is 0 Å². The van der Waals surface area contributed by atoms with Crippen LogP contribution in [0.25, 0.3) is 0 Å². The first-order valence-electron chi connectivity index (χ1n) is 17.1. The molecule has 3 aromatic carbocycles. The van der Waals surface area contributed by atoms with Gasteiger partial charge in [0.25, 0.3) is 0 Å². The zero-order chi connectivity index (χ0) is 34.2. The van der Waals surface area contributed by atoms with Crippen molar-refractivity contribution in [3.05, 3.63) is 95.1 Å². The Bertz CT molecular complexity index is 1620. The molecule has 2 aliphatic rings. The zero-order valence-electron chi connectivity index (χ0n) is 28.7. The third-order valence-electron chi connectivity index (χ3n) is 8.84. The van der Waals surface area contributed by atoms with Gasteiger partial charge < -0.3 is 23.8 Å². The molecule has 5 rings (SSSR count). The van der Waals surface area contributed by atoms with Gasteiger partial charge in [0.15, 0.2) is 0 Å². The van der Waals surface area contributed by atoms with Gasteiger partial charge in [-0.3, -0.25) is 0 Å². The zero-order valence-corrected chi connectivity index (χ0v) is 29.5. The molecule has 1 atom stereocenters. The van der Waals surface area contributed by atoms with Crippen molar-refractivity contribution in [2.24, 2.45) is 0 Å². The number of carbonyl (C=O) groups excluding carboxylic acids is 1. The van der Waals surface area contributed by atoms with Gasteiger partial charge in [0.2, 0.25) is 15.8 Å². The molecule has 0 radical (unpaired) electrons. The lowest BCUT2D eigenvalue weighted by Gasteiger charge is -2.32. The van der Waals surface area contributed by atoms with E-state index >= 15 is 0 Å². The predicted octanol–water partition coefficient (Wildman–Crippen LogP) is 7.64. The maximum atomic E-state index is 13.2. The van der Waals surface area contributed by atoms with E-state index in [2.05, 4.69) is 4.72 Å². The van der Waals surface area contributed by atoms with Crippen LogP contribution in [-0.4, -0.2) is 51.5 Å². The van der Waals surface area contributed by atoms with Gasteiger partial charge in [-0.15, -0.1) is 0 Å². The monoisotopic (exact) mass is 678 g/mol. The molecule has 1 fully saturated rings. The number of unbranched alkanes of at least 4 members (excludes halogenated alkanes) is 4. The smallest absolute Gasteiger partial charge is 0.410 e. The van der Waals surface area contributed by atoms with Crippen molar-refractivity contribution in [3.8, 4) is 5.75 Å². The van der Waals surface area contributed by atoms with Crippen molar-refractivity contribution < 1.29 is 32.2 Å². The van der Waals surface area contributed by atoms with E-state index in [1.54, 1.807) is 17.0 Å². The predicted molar refractivity (Wildman–Crippen MR) is 185 cm³/mol. The molecule has 1 saturated heterocycles. The molecule has 2 aliphatic heterocycles. The van der Waals surface area contributed by atoms with Crippen molar-refractivity contribution in [2.45, 2.75) is 102 Å². The lowest BCUT2D eigenvalue weighted by Crippen LogP contribution is -2.40. The molecule has 1 N–H and O–H groups in total. The highest BCUT2D eigenvalue weighted by molar-refractivity contribution is 7.89. The first kappa shape index (κ1) is 35.9. The summed E-state index contributed by atoms with van der Waals surface area (Å²) in [6.07, 6.45) is 6.07. The second kappa shape index (κ2) is 15.8. The normalized spacial score (nSPS) is 17.5. The molecule has 0 aromatic heterocycles. The van der Waals surface area contributed by atoms with Crippen molar-refractivity contribution >= 4 is 16.1 Å². The molecule has 9 nitrogen and oxygen atoms in total. The Hall–Kier alpha value is -3.44. The number of sulfonamides is 1. The van der Waals surface area contributed by atoms with Gasteiger partial charge in [-0.1, -0.05) is 61.4 Å². The lowest BCUT2D eigenvalue weighted by molar-refractivity contribution is -0.180. The van der Waals surface area contributed by atoms with Gasteiger partial charge >= 0.3 is 6.09 Å². The van der Waals surface area contributed by atoms with Crippen LogP contribution in [0, 0.1) is 0 Å². The Morgan fingerprint density at radius 3 is 2.46 bits per heavy atom. The first-order valence-corrected chi connectivity index (χ1v) is 18.6. The van der Waals surface area contributed by atoms with Crippen LogP contribution in [0.4, 0.5) is 4.79 Å². The molecular formula is C38H50N2O7S. The fourth-order valence-electron chi connectivity index (χ4n) is 6.09. The summed E-state index contributed by atoms with van der Waals surface area (Å²) in [6, 6.07) is 22.7. The number of hydrogen-bond donors (Lipinski definition) is 1. The number of nitrogens with zero attached hydrogens (tertiary/aromatic N) is 1. The van der Waals surface area contributed by atoms with E-state index in [0.717, 1.165) is 72.9 Å². The lowest BCUT2D eigenvalue weighted by atomic mass is 9.96. The van der Waals surface area contributed by atoms with Crippen LogP contribution in [-0.2, 0) is 42.8 Å². The number of nitrogens with one attached hydrogen (secondary N) is 1. The number of ether oxygens (including phenoxy) is 4. The fraction of sp³-hybridized carbons (Fsp3) is 0.500. The molecule has 3 aromatic rings. The van der Waals surface area contributed by atoms with Crippen molar-refractivity contribution in [2.75, 3.05) is 26.3 Å². The summed E-state index contributed by atoms with van der Waals surface area (Å²) in [5.74, 6) is 0.176. The Labute approximate surface area is 286 Å². The summed E-state index contributed by atoms with van der Waals surface area (Å²) < 4.78 is 52.3. The third-order valence-corrected chi connectivity index (χ3v) is 10.5. The maximum Gasteiger partial charge on any atom is 0.410 e. The van der Waals surface area contributed by atoms with Crippen molar-refractivity contribution in [1.82, 2.24) is 9.62 Å². The number of hydrogen-bond acceptors (Lipinski definition) is 7. The molecular weight excluding hydrogens is 628 g/mol. The van der Waals surface area contributed by atoms with Crippen LogP contribution in [0.1, 0.15) is 94.6 Å². The first-order chi connectivity index (χ1) is 22.9. The minimum absolute atomic E-state index is 0.258. The van der Waals surface area contributed by atoms with Gasteiger partial charge in [-0.25, -0.2) is 17.9 Å². The minimum Gasteiger partial charge on any atom is -0.463 e. The second-order valence-electron chi connectivity index (χ2n) is 13.7. The summed E-state index contributed by atoms with van der Waals surface area (Å²) in [6.45, 7) is 10.6. The number of amides is 1. The summed E-state index contributed by atoms with van der Waals surface area (Å²) in [5, 5.41) is 0. The number of rotatable bonds is 17. The molecule has 1 amide bonds. The average Bonchev–Trinajstić information content (AvgIpc) is 3.43. The quantitative estimate of drug-likeness (QED) is 0.146. The Balaban J connectivity index is 0.923. The van der Waals surface area contributed by atoms with Crippen LogP contribution in [0.5, 0.6) is 5.75 Å². The largest absolute Gasteiger partial charge is 0.463 e. The van der Waals surface area contributed by atoms with Gasteiger partial charge in [-0.05, 0) is 86.9 Å². The van der Waals surface area contributed by atoms with Crippen LogP contribution < -0.4 is 9.46 Å². The Kier molecular flexibility index (Phi) is 11.8. The highest BCUT2D eigenvalue weighted by Crippen LogP contribution is 2.35. The summed E-state index contributed by atoms with van der Waals surface area (Å²) in [4.78, 5) is 14.6. The number of cyclic esters (lactones) is 1. The topological polar surface area (TPSA) is 103 Å². The molecule has 10 heteroatoms. The highest BCUT2D eigenvalue weighted by atomic mass is 32.2. The Morgan fingerprint density at radius 2 is 1.67 bits per heavy atom. The van der Waals surface area contributed by atoms with Crippen molar-refractivity contribution in [1.29, 1.82) is 0 Å². The van der Waals surface area contributed by atoms with Gasteiger partial charge in [0.05, 0.1) is 23.6 Å². The van der Waals surface area contributed by atoms with Crippen molar-refractivity contribution in [3.63, 3.8) is 0 Å². The standard InChI is InChI=1S/C38H50N2O7S/c1-37(2,32-17-8-7-9-18-32)39-48(42,43)33-19-14-16-29(25-33)15-10-13-24-44-23-12-6-5-11-22-40-27-35(46-36(40)41)30-20-21-34-31(26-30)28-45-38(3,4)47-34/h7-9,14,16-21,25-26,35,39H,5-6,10-13,15,22-24,27-28H2,1-4H3/t35-/m0/s1. The number of benzene rings is 3. The van der Waals surface area contributed by atoms with E-state index in [9.17, 15) is 13.2 Å². The van der Waals surface area contributed by atoms with E-state index in [-0.39, 0.29) is 17.1 Å². The minimum atomic E-state index is -3.68. The highest BCUT2D eigenvalue weighted by Gasteiger charge is 2.34. The molecule has 0 spiro atoms. The van der Waals surface area contributed by atoms with E-state index < -0.39 is 21.3 Å². The molecule has 0 saturated carbocycles. The Morgan fingerprint density at radius 1 is 0.917 bits per heavy atom. The molecule has 48 heavy (non-hydrogen) atoms. The van der Waals surface area contributed by atoms with E-state index in [1.165, 1.54) is 0 Å². The van der Waals surface area contributed by atoms with Gasteiger partial charge in [0.1, 0.15) is 11.9 Å². The molecule has 0 unspecified atom stereocenters. The number of fused-ring (bicyclic) bond motifs is 1. The number of aryl methyl sites for hydroxylation is 1. The van der Waals surface area contributed by atoms with E-state index in [0.29, 0.717) is 32.9 Å². The molecule has 2 heterocycles. The van der Waals surface area contributed by atoms with Crippen LogP contribution in [0.15, 0.2) is 77.7 Å². The fourth-order valence-corrected chi connectivity index (χ4v) is 7.57.